The number of hydrogen-bond acceptors (Lipinski definition) is 1. The minimum absolute atomic E-state index is 0.308. The molecule has 1 N–H and O–H groups in total. The molecule has 0 spiro atoms. The summed E-state index contributed by atoms with van der Waals surface area (Å²) >= 11 is 0. The van der Waals surface area contributed by atoms with E-state index in [0.29, 0.717) is 6.04 Å². The van der Waals surface area contributed by atoms with Crippen LogP contribution in [0.3, 0.4) is 0 Å². The van der Waals surface area contributed by atoms with Crippen LogP contribution in [0.4, 0.5) is 0 Å². The number of nitrogens with one attached hydrogen (secondary N) is 1. The molecular weight excluding hydrogens is 254 g/mol. The van der Waals surface area contributed by atoms with Gasteiger partial charge in [0.15, 0.2) is 0 Å². The van der Waals surface area contributed by atoms with Gasteiger partial charge in [0.2, 0.25) is 0 Å². The van der Waals surface area contributed by atoms with Crippen molar-refractivity contribution in [2.45, 2.75) is 45.6 Å². The molecule has 0 bridgehead atoms. The molecule has 2 aromatic carbocycles. The summed E-state index contributed by atoms with van der Waals surface area (Å²) in [7, 11) is 0. The van der Waals surface area contributed by atoms with E-state index in [1.165, 1.54) is 42.4 Å². The standard InChI is InChI=1S/C20H25N/c1-3-21-20(18-10-6-7-15(2)13-18)19-12-11-16-8-4-5-9-17(16)14-19/h6-7,10-14,20-21H,3-5,8-9H2,1-2H3. The van der Waals surface area contributed by atoms with Crippen molar-refractivity contribution in [3.63, 3.8) is 0 Å². The van der Waals surface area contributed by atoms with E-state index in [0.717, 1.165) is 6.54 Å². The van der Waals surface area contributed by atoms with E-state index in [4.69, 9.17) is 0 Å². The summed E-state index contributed by atoms with van der Waals surface area (Å²) in [4.78, 5) is 0. The highest BCUT2D eigenvalue weighted by Gasteiger charge is 2.16. The lowest BCUT2D eigenvalue weighted by atomic mass is 9.87. The van der Waals surface area contributed by atoms with Gasteiger partial charge in [-0.25, -0.2) is 0 Å². The molecule has 0 aliphatic heterocycles. The van der Waals surface area contributed by atoms with Crippen LogP contribution in [-0.4, -0.2) is 6.54 Å². The number of fused-ring (bicyclic) bond motifs is 1. The third-order valence-corrected chi connectivity index (χ3v) is 4.49. The highest BCUT2D eigenvalue weighted by molar-refractivity contribution is 5.40. The third kappa shape index (κ3) is 3.19. The van der Waals surface area contributed by atoms with Crippen molar-refractivity contribution in [2.75, 3.05) is 6.54 Å². The van der Waals surface area contributed by atoms with Gasteiger partial charge in [-0.3, -0.25) is 0 Å². The molecule has 0 radical (unpaired) electrons. The summed E-state index contributed by atoms with van der Waals surface area (Å²) in [6.45, 7) is 5.33. The van der Waals surface area contributed by atoms with E-state index in [2.05, 4.69) is 61.6 Å². The molecule has 0 heterocycles. The summed E-state index contributed by atoms with van der Waals surface area (Å²) in [6, 6.07) is 16.3. The Morgan fingerprint density at radius 3 is 2.48 bits per heavy atom. The molecule has 0 amide bonds. The van der Waals surface area contributed by atoms with Crippen LogP contribution in [0, 0.1) is 6.92 Å². The second-order valence-corrected chi connectivity index (χ2v) is 6.14. The zero-order valence-electron chi connectivity index (χ0n) is 13.2. The maximum atomic E-state index is 3.65. The smallest absolute Gasteiger partial charge is 0.0576 e. The summed E-state index contributed by atoms with van der Waals surface area (Å²) in [5.74, 6) is 0. The molecule has 0 fully saturated rings. The first-order valence-electron chi connectivity index (χ1n) is 8.19. The Morgan fingerprint density at radius 1 is 0.952 bits per heavy atom. The van der Waals surface area contributed by atoms with E-state index in [1.807, 2.05) is 0 Å². The van der Waals surface area contributed by atoms with Gasteiger partial charge in [-0.2, -0.15) is 0 Å². The highest BCUT2D eigenvalue weighted by atomic mass is 14.9. The number of rotatable bonds is 4. The third-order valence-electron chi connectivity index (χ3n) is 4.49. The summed E-state index contributed by atoms with van der Waals surface area (Å²) in [5, 5.41) is 3.65. The Morgan fingerprint density at radius 2 is 1.71 bits per heavy atom. The van der Waals surface area contributed by atoms with Gasteiger partial charge < -0.3 is 5.32 Å². The van der Waals surface area contributed by atoms with Crippen molar-refractivity contribution in [1.82, 2.24) is 5.32 Å². The zero-order chi connectivity index (χ0) is 14.7. The van der Waals surface area contributed by atoms with Crippen LogP contribution < -0.4 is 5.32 Å². The summed E-state index contributed by atoms with van der Waals surface area (Å²) < 4.78 is 0. The highest BCUT2D eigenvalue weighted by Crippen LogP contribution is 2.28. The van der Waals surface area contributed by atoms with E-state index < -0.39 is 0 Å². The van der Waals surface area contributed by atoms with Crippen LogP contribution in [0.25, 0.3) is 0 Å². The van der Waals surface area contributed by atoms with Crippen LogP contribution in [-0.2, 0) is 12.8 Å². The molecule has 1 aliphatic rings. The molecule has 1 nitrogen and oxygen atoms in total. The second-order valence-electron chi connectivity index (χ2n) is 6.14. The fourth-order valence-corrected chi connectivity index (χ4v) is 3.41. The Kier molecular flexibility index (Phi) is 4.40. The minimum atomic E-state index is 0.308. The quantitative estimate of drug-likeness (QED) is 0.864. The maximum absolute atomic E-state index is 3.65. The molecule has 1 heteroatoms. The van der Waals surface area contributed by atoms with E-state index >= 15 is 0 Å². The number of hydrogen-bond donors (Lipinski definition) is 1. The molecule has 0 aromatic heterocycles. The monoisotopic (exact) mass is 279 g/mol. The minimum Gasteiger partial charge on any atom is -0.307 e. The second kappa shape index (κ2) is 6.44. The number of benzene rings is 2. The Labute approximate surface area is 128 Å². The fourth-order valence-electron chi connectivity index (χ4n) is 3.41. The lowest BCUT2D eigenvalue weighted by molar-refractivity contribution is 0.625. The van der Waals surface area contributed by atoms with Gasteiger partial charge in [-0.05, 0) is 61.4 Å². The first-order valence-corrected chi connectivity index (χ1v) is 8.19. The lowest BCUT2D eigenvalue weighted by Gasteiger charge is -2.23. The fraction of sp³-hybridized carbons (Fsp3) is 0.400. The van der Waals surface area contributed by atoms with Crippen molar-refractivity contribution in [3.05, 3.63) is 70.3 Å². The van der Waals surface area contributed by atoms with Crippen LogP contribution in [0.5, 0.6) is 0 Å². The van der Waals surface area contributed by atoms with Crippen molar-refractivity contribution in [2.24, 2.45) is 0 Å². The van der Waals surface area contributed by atoms with Gasteiger partial charge in [-0.15, -0.1) is 0 Å². The molecule has 21 heavy (non-hydrogen) atoms. The Balaban J connectivity index is 1.97. The van der Waals surface area contributed by atoms with E-state index in [-0.39, 0.29) is 0 Å². The first-order chi connectivity index (χ1) is 10.3. The summed E-state index contributed by atoms with van der Waals surface area (Å²) in [6.07, 6.45) is 5.19. The molecule has 110 valence electrons. The normalized spacial score (nSPS) is 15.5. The Hall–Kier alpha value is -1.60. The van der Waals surface area contributed by atoms with Gasteiger partial charge in [0.05, 0.1) is 6.04 Å². The molecule has 0 saturated heterocycles. The van der Waals surface area contributed by atoms with Crippen molar-refractivity contribution in [1.29, 1.82) is 0 Å². The predicted molar refractivity (Wildman–Crippen MR) is 89.8 cm³/mol. The van der Waals surface area contributed by atoms with E-state index in [9.17, 15) is 0 Å². The average molecular weight is 279 g/mol. The maximum Gasteiger partial charge on any atom is 0.0576 e. The van der Waals surface area contributed by atoms with Crippen molar-refractivity contribution >= 4 is 0 Å². The van der Waals surface area contributed by atoms with Crippen LogP contribution in [0.15, 0.2) is 42.5 Å². The predicted octanol–water partition coefficient (Wildman–Crippen LogP) is 4.57. The van der Waals surface area contributed by atoms with Gasteiger partial charge in [0.1, 0.15) is 0 Å². The average Bonchev–Trinajstić information content (AvgIpc) is 2.52. The largest absolute Gasteiger partial charge is 0.307 e. The summed E-state index contributed by atoms with van der Waals surface area (Å²) in [5.41, 5.74) is 7.22. The van der Waals surface area contributed by atoms with E-state index in [1.54, 1.807) is 11.1 Å². The van der Waals surface area contributed by atoms with Gasteiger partial charge in [0.25, 0.3) is 0 Å². The molecule has 2 aromatic rings. The molecule has 1 aliphatic carbocycles. The Bertz CT molecular complexity index is 615. The van der Waals surface area contributed by atoms with Gasteiger partial charge in [0, 0.05) is 0 Å². The van der Waals surface area contributed by atoms with Crippen molar-refractivity contribution < 1.29 is 0 Å². The van der Waals surface area contributed by atoms with Crippen LogP contribution >= 0.6 is 0 Å². The number of aryl methyl sites for hydroxylation is 3. The SMILES string of the molecule is CCNC(c1cccc(C)c1)c1ccc2c(c1)CCCC2. The lowest BCUT2D eigenvalue weighted by Crippen LogP contribution is -2.22. The first kappa shape index (κ1) is 14.3. The zero-order valence-corrected chi connectivity index (χ0v) is 13.2. The molecule has 1 unspecified atom stereocenters. The van der Waals surface area contributed by atoms with Gasteiger partial charge >= 0.3 is 0 Å². The molecule has 1 atom stereocenters. The molecular formula is C20H25N. The molecule has 0 saturated carbocycles. The molecule has 3 rings (SSSR count). The topological polar surface area (TPSA) is 12.0 Å². The van der Waals surface area contributed by atoms with Gasteiger partial charge in [-0.1, -0.05) is 55.0 Å². The van der Waals surface area contributed by atoms with Crippen LogP contribution in [0.2, 0.25) is 0 Å². The van der Waals surface area contributed by atoms with Crippen molar-refractivity contribution in [3.8, 4) is 0 Å². The van der Waals surface area contributed by atoms with Crippen LogP contribution in [0.1, 0.15) is 53.6 Å².